The lowest BCUT2D eigenvalue weighted by Gasteiger charge is -2.14. The molecular formula is C15H25N3O. The molecule has 1 aromatic heterocycles. The maximum Gasteiger partial charge on any atom is 0.227 e. The smallest absolute Gasteiger partial charge is 0.227 e. The zero-order valence-electron chi connectivity index (χ0n) is 12.4. The highest BCUT2D eigenvalue weighted by molar-refractivity contribution is 5.92. The van der Waals surface area contributed by atoms with Crippen LogP contribution in [0.5, 0.6) is 0 Å². The molecule has 1 amide bonds. The van der Waals surface area contributed by atoms with Crippen LogP contribution in [-0.4, -0.2) is 16.9 Å². The van der Waals surface area contributed by atoms with E-state index in [1.165, 1.54) is 0 Å². The van der Waals surface area contributed by atoms with Crippen molar-refractivity contribution < 1.29 is 4.79 Å². The number of carbonyl (C=O) groups is 1. The van der Waals surface area contributed by atoms with Crippen molar-refractivity contribution in [2.75, 3.05) is 5.32 Å². The lowest BCUT2D eigenvalue weighted by Crippen LogP contribution is -2.22. The number of nitrogens with zero attached hydrogens (tertiary/aromatic N) is 1. The van der Waals surface area contributed by atoms with Gasteiger partial charge in [-0.1, -0.05) is 13.3 Å². The molecular weight excluding hydrogens is 238 g/mol. The zero-order chi connectivity index (χ0) is 14.4. The highest BCUT2D eigenvalue weighted by atomic mass is 16.1. The molecule has 2 unspecified atom stereocenters. The molecule has 1 aromatic rings. The van der Waals surface area contributed by atoms with Crippen molar-refractivity contribution in [3.63, 3.8) is 0 Å². The Bertz CT molecular complexity index is 429. The fraction of sp³-hybridized carbons (Fsp3) is 0.600. The molecule has 19 heavy (non-hydrogen) atoms. The third-order valence-electron chi connectivity index (χ3n) is 3.23. The Hall–Kier alpha value is -1.42. The number of anilines is 1. The van der Waals surface area contributed by atoms with Crippen LogP contribution in [0.1, 0.15) is 44.5 Å². The molecule has 0 fully saturated rings. The first kappa shape index (κ1) is 15.6. The molecule has 4 heteroatoms. The standard InChI is InChI=1S/C15H25N3O/c1-10(6-5-7-11(2)16)15(19)18-14-9-8-12(3)17-13(14)4/h8-11H,5-7,16H2,1-4H3,(H,18,19). The number of nitrogens with two attached hydrogens (primary N) is 1. The van der Waals surface area contributed by atoms with Gasteiger partial charge in [0, 0.05) is 17.7 Å². The van der Waals surface area contributed by atoms with Crippen molar-refractivity contribution in [2.45, 2.75) is 53.0 Å². The number of carbonyl (C=O) groups excluding carboxylic acids is 1. The van der Waals surface area contributed by atoms with E-state index in [1.807, 2.05) is 39.8 Å². The monoisotopic (exact) mass is 263 g/mol. The van der Waals surface area contributed by atoms with Gasteiger partial charge in [0.1, 0.15) is 0 Å². The van der Waals surface area contributed by atoms with Crippen LogP contribution in [0.25, 0.3) is 0 Å². The Morgan fingerprint density at radius 1 is 1.32 bits per heavy atom. The summed E-state index contributed by atoms with van der Waals surface area (Å²) >= 11 is 0. The molecule has 0 saturated carbocycles. The molecule has 4 nitrogen and oxygen atoms in total. The molecule has 3 N–H and O–H groups in total. The molecule has 0 saturated heterocycles. The summed E-state index contributed by atoms with van der Waals surface area (Å²) in [7, 11) is 0. The first-order valence-electron chi connectivity index (χ1n) is 6.91. The molecule has 0 radical (unpaired) electrons. The quantitative estimate of drug-likeness (QED) is 0.829. The van der Waals surface area contributed by atoms with Crippen LogP contribution in [0, 0.1) is 19.8 Å². The van der Waals surface area contributed by atoms with E-state index in [2.05, 4.69) is 10.3 Å². The highest BCUT2D eigenvalue weighted by Gasteiger charge is 2.14. The predicted molar refractivity (Wildman–Crippen MR) is 79.0 cm³/mol. The lowest BCUT2D eigenvalue weighted by atomic mass is 10.0. The molecule has 0 aliphatic carbocycles. The summed E-state index contributed by atoms with van der Waals surface area (Å²) in [5.41, 5.74) is 8.32. The maximum atomic E-state index is 12.1. The van der Waals surface area contributed by atoms with Gasteiger partial charge < -0.3 is 11.1 Å². The average Bonchev–Trinajstić information content (AvgIpc) is 2.32. The van der Waals surface area contributed by atoms with E-state index in [4.69, 9.17) is 5.73 Å². The van der Waals surface area contributed by atoms with Gasteiger partial charge in [-0.15, -0.1) is 0 Å². The van der Waals surface area contributed by atoms with Gasteiger partial charge in [0.15, 0.2) is 0 Å². The molecule has 0 bridgehead atoms. The predicted octanol–water partition coefficient (Wildman–Crippen LogP) is 2.79. The summed E-state index contributed by atoms with van der Waals surface area (Å²) in [6, 6.07) is 4.02. The van der Waals surface area contributed by atoms with Gasteiger partial charge in [0.05, 0.1) is 11.4 Å². The topological polar surface area (TPSA) is 68.0 Å². The first-order valence-corrected chi connectivity index (χ1v) is 6.91. The van der Waals surface area contributed by atoms with Gasteiger partial charge in [-0.25, -0.2) is 0 Å². The van der Waals surface area contributed by atoms with E-state index in [0.717, 1.165) is 36.3 Å². The largest absolute Gasteiger partial charge is 0.328 e. The van der Waals surface area contributed by atoms with E-state index in [1.54, 1.807) is 0 Å². The Morgan fingerprint density at radius 3 is 2.58 bits per heavy atom. The number of aryl methyl sites for hydroxylation is 2. The Morgan fingerprint density at radius 2 is 2.00 bits per heavy atom. The Kier molecular flexibility index (Phi) is 5.96. The molecule has 106 valence electrons. The van der Waals surface area contributed by atoms with E-state index in [9.17, 15) is 4.79 Å². The van der Waals surface area contributed by atoms with Gasteiger partial charge in [0.2, 0.25) is 5.91 Å². The van der Waals surface area contributed by atoms with E-state index < -0.39 is 0 Å². The number of aromatic nitrogens is 1. The molecule has 1 rings (SSSR count). The Balaban J connectivity index is 2.49. The number of amides is 1. The SMILES string of the molecule is Cc1ccc(NC(=O)C(C)CCCC(C)N)c(C)n1. The van der Waals surface area contributed by atoms with Crippen molar-refractivity contribution in [2.24, 2.45) is 11.7 Å². The average molecular weight is 263 g/mol. The number of hydrogen-bond acceptors (Lipinski definition) is 3. The number of pyridine rings is 1. The first-order chi connectivity index (χ1) is 8.90. The highest BCUT2D eigenvalue weighted by Crippen LogP contribution is 2.16. The van der Waals surface area contributed by atoms with Crippen LogP contribution in [0.15, 0.2) is 12.1 Å². The van der Waals surface area contributed by atoms with Gasteiger partial charge in [-0.3, -0.25) is 9.78 Å². The van der Waals surface area contributed by atoms with Crippen LogP contribution in [0.2, 0.25) is 0 Å². The van der Waals surface area contributed by atoms with Crippen molar-refractivity contribution in [1.82, 2.24) is 4.98 Å². The Labute approximate surface area is 115 Å². The third-order valence-corrected chi connectivity index (χ3v) is 3.23. The van der Waals surface area contributed by atoms with Crippen molar-refractivity contribution in [1.29, 1.82) is 0 Å². The molecule has 0 aliphatic heterocycles. The summed E-state index contributed by atoms with van der Waals surface area (Å²) < 4.78 is 0. The normalized spacial score (nSPS) is 13.9. The summed E-state index contributed by atoms with van der Waals surface area (Å²) in [6.07, 6.45) is 2.81. The second-order valence-electron chi connectivity index (χ2n) is 5.38. The van der Waals surface area contributed by atoms with Crippen LogP contribution in [-0.2, 0) is 4.79 Å². The number of nitrogens with one attached hydrogen (secondary N) is 1. The lowest BCUT2D eigenvalue weighted by molar-refractivity contribution is -0.119. The summed E-state index contributed by atoms with van der Waals surface area (Å²) in [5.74, 6) is 0.0536. The van der Waals surface area contributed by atoms with Crippen LogP contribution < -0.4 is 11.1 Å². The van der Waals surface area contributed by atoms with Gasteiger partial charge in [-0.2, -0.15) is 0 Å². The van der Waals surface area contributed by atoms with Gasteiger partial charge in [-0.05, 0) is 45.7 Å². The van der Waals surface area contributed by atoms with Gasteiger partial charge >= 0.3 is 0 Å². The molecule has 1 heterocycles. The number of rotatable bonds is 6. The van der Waals surface area contributed by atoms with Crippen molar-refractivity contribution >= 4 is 11.6 Å². The summed E-state index contributed by atoms with van der Waals surface area (Å²) in [4.78, 5) is 16.4. The number of hydrogen-bond donors (Lipinski definition) is 2. The van der Waals surface area contributed by atoms with Crippen LogP contribution >= 0.6 is 0 Å². The van der Waals surface area contributed by atoms with Crippen LogP contribution in [0.4, 0.5) is 5.69 Å². The summed E-state index contributed by atoms with van der Waals surface area (Å²) in [5, 5.41) is 2.94. The minimum atomic E-state index is -0.000506. The second kappa shape index (κ2) is 7.24. The second-order valence-corrected chi connectivity index (χ2v) is 5.38. The zero-order valence-corrected chi connectivity index (χ0v) is 12.4. The third kappa shape index (κ3) is 5.39. The van der Waals surface area contributed by atoms with E-state index >= 15 is 0 Å². The fourth-order valence-corrected chi connectivity index (χ4v) is 1.95. The minimum Gasteiger partial charge on any atom is -0.328 e. The van der Waals surface area contributed by atoms with Gasteiger partial charge in [0.25, 0.3) is 0 Å². The molecule has 0 aliphatic rings. The fourth-order valence-electron chi connectivity index (χ4n) is 1.95. The minimum absolute atomic E-state index is 0.000506. The molecule has 0 spiro atoms. The van der Waals surface area contributed by atoms with Crippen molar-refractivity contribution in [3.05, 3.63) is 23.5 Å². The summed E-state index contributed by atoms with van der Waals surface area (Å²) in [6.45, 7) is 7.79. The van der Waals surface area contributed by atoms with Crippen LogP contribution in [0.3, 0.4) is 0 Å². The molecule has 2 atom stereocenters. The van der Waals surface area contributed by atoms with E-state index in [-0.39, 0.29) is 17.9 Å². The molecule has 0 aromatic carbocycles. The van der Waals surface area contributed by atoms with E-state index in [0.29, 0.717) is 0 Å². The maximum absolute atomic E-state index is 12.1. The van der Waals surface area contributed by atoms with Crippen molar-refractivity contribution in [3.8, 4) is 0 Å².